The van der Waals surface area contributed by atoms with Crippen LogP contribution in [0.15, 0.2) is 35.9 Å². The van der Waals surface area contributed by atoms with Gasteiger partial charge in [-0.15, -0.1) is 0 Å². The third kappa shape index (κ3) is 5.57. The van der Waals surface area contributed by atoms with Gasteiger partial charge >= 0.3 is 5.97 Å². The van der Waals surface area contributed by atoms with Gasteiger partial charge in [0.05, 0.1) is 0 Å². The molecule has 0 aliphatic heterocycles. The lowest BCUT2D eigenvalue weighted by atomic mass is 10.3. The van der Waals surface area contributed by atoms with Gasteiger partial charge in [0.15, 0.2) is 6.10 Å². The third-order valence-corrected chi connectivity index (χ3v) is 2.43. The number of benzene rings is 1. The van der Waals surface area contributed by atoms with Crippen molar-refractivity contribution >= 4 is 29.2 Å². The lowest BCUT2D eigenvalue weighted by Gasteiger charge is -2.12. The molecular formula is C14H16ClNO3. The Morgan fingerprint density at radius 1 is 1.26 bits per heavy atom. The highest BCUT2D eigenvalue weighted by Crippen LogP contribution is 2.13. The fourth-order valence-electron chi connectivity index (χ4n) is 1.27. The summed E-state index contributed by atoms with van der Waals surface area (Å²) in [6, 6.07) is 6.67. The Hall–Kier alpha value is -1.81. The van der Waals surface area contributed by atoms with Gasteiger partial charge in [0.1, 0.15) is 0 Å². The Bertz CT molecular complexity index is 490. The van der Waals surface area contributed by atoms with Crippen molar-refractivity contribution in [2.75, 3.05) is 5.32 Å². The van der Waals surface area contributed by atoms with Crippen LogP contribution in [0.25, 0.3) is 0 Å². The molecule has 1 aromatic carbocycles. The lowest BCUT2D eigenvalue weighted by Crippen LogP contribution is -2.29. The first-order valence-electron chi connectivity index (χ1n) is 5.80. The van der Waals surface area contributed by atoms with Gasteiger partial charge in [0.25, 0.3) is 5.91 Å². The van der Waals surface area contributed by atoms with Crippen LogP contribution in [0.1, 0.15) is 20.8 Å². The summed E-state index contributed by atoms with van der Waals surface area (Å²) in [5.74, 6) is -0.920. The molecule has 102 valence electrons. The largest absolute Gasteiger partial charge is 0.449 e. The van der Waals surface area contributed by atoms with Crippen LogP contribution in [-0.4, -0.2) is 18.0 Å². The van der Waals surface area contributed by atoms with Crippen LogP contribution >= 0.6 is 11.6 Å². The van der Waals surface area contributed by atoms with Crippen molar-refractivity contribution in [3.05, 3.63) is 40.9 Å². The summed E-state index contributed by atoms with van der Waals surface area (Å²) in [6.07, 6.45) is 0.477. The molecule has 1 aromatic rings. The number of carbonyl (C=O) groups is 2. The number of carbonyl (C=O) groups excluding carboxylic acids is 2. The molecule has 4 nitrogen and oxygen atoms in total. The Kier molecular flexibility index (Phi) is 5.57. The second-order valence-corrected chi connectivity index (χ2v) is 4.73. The van der Waals surface area contributed by atoms with Crippen molar-refractivity contribution in [2.45, 2.75) is 26.9 Å². The molecule has 5 heteroatoms. The molecule has 0 bridgehead atoms. The predicted molar refractivity (Wildman–Crippen MR) is 75.1 cm³/mol. The van der Waals surface area contributed by atoms with E-state index in [4.69, 9.17) is 16.3 Å². The Morgan fingerprint density at radius 3 is 2.37 bits per heavy atom. The van der Waals surface area contributed by atoms with Gasteiger partial charge in [0, 0.05) is 16.8 Å². The van der Waals surface area contributed by atoms with Crippen molar-refractivity contribution in [3.63, 3.8) is 0 Å². The molecule has 1 rings (SSSR count). The molecule has 0 aliphatic carbocycles. The highest BCUT2D eigenvalue weighted by molar-refractivity contribution is 6.30. The standard InChI is InChI=1S/C14H16ClNO3/c1-9(2)8-13(17)19-10(3)14(18)16-12-6-4-11(15)5-7-12/h4-8,10H,1-3H3,(H,16,18)/t10-/m1/s1. The second kappa shape index (κ2) is 6.95. The quantitative estimate of drug-likeness (QED) is 0.681. The van der Waals surface area contributed by atoms with E-state index >= 15 is 0 Å². The Balaban J connectivity index is 2.56. The summed E-state index contributed by atoms with van der Waals surface area (Å²) in [5, 5.41) is 3.22. The van der Waals surface area contributed by atoms with E-state index in [9.17, 15) is 9.59 Å². The predicted octanol–water partition coefficient (Wildman–Crippen LogP) is 3.18. The average Bonchev–Trinajstić information content (AvgIpc) is 2.30. The van der Waals surface area contributed by atoms with Crippen molar-refractivity contribution in [1.82, 2.24) is 0 Å². The van der Waals surface area contributed by atoms with Gasteiger partial charge < -0.3 is 10.1 Å². The van der Waals surface area contributed by atoms with Crippen molar-refractivity contribution in [2.24, 2.45) is 0 Å². The van der Waals surface area contributed by atoms with Gasteiger partial charge in [0.2, 0.25) is 0 Å². The number of rotatable bonds is 4. The van der Waals surface area contributed by atoms with E-state index < -0.39 is 18.0 Å². The number of anilines is 1. The zero-order chi connectivity index (χ0) is 14.4. The SMILES string of the molecule is CC(C)=CC(=O)O[C@H](C)C(=O)Nc1ccc(Cl)cc1. The zero-order valence-corrected chi connectivity index (χ0v) is 11.8. The number of nitrogens with one attached hydrogen (secondary N) is 1. The minimum atomic E-state index is -0.862. The summed E-state index contributed by atoms with van der Waals surface area (Å²) in [5.41, 5.74) is 1.41. The first kappa shape index (κ1) is 15.2. The summed E-state index contributed by atoms with van der Waals surface area (Å²) in [6.45, 7) is 5.07. The van der Waals surface area contributed by atoms with Gasteiger partial charge in [-0.3, -0.25) is 4.79 Å². The van der Waals surface area contributed by atoms with Crippen LogP contribution in [0.4, 0.5) is 5.69 Å². The number of hydrogen-bond donors (Lipinski definition) is 1. The highest BCUT2D eigenvalue weighted by atomic mass is 35.5. The minimum Gasteiger partial charge on any atom is -0.449 e. The highest BCUT2D eigenvalue weighted by Gasteiger charge is 2.16. The summed E-state index contributed by atoms with van der Waals surface area (Å²) >= 11 is 5.74. The number of halogens is 1. The van der Waals surface area contributed by atoms with Gasteiger partial charge in [-0.05, 0) is 45.0 Å². The minimum absolute atomic E-state index is 0.391. The zero-order valence-electron chi connectivity index (χ0n) is 11.1. The Labute approximate surface area is 117 Å². The summed E-state index contributed by atoms with van der Waals surface area (Å²) < 4.78 is 4.97. The number of hydrogen-bond acceptors (Lipinski definition) is 3. The van der Waals surface area contributed by atoms with Gasteiger partial charge in [-0.1, -0.05) is 17.2 Å². The van der Waals surface area contributed by atoms with Crippen LogP contribution in [0.3, 0.4) is 0 Å². The molecular weight excluding hydrogens is 266 g/mol. The first-order valence-corrected chi connectivity index (χ1v) is 6.18. The molecule has 0 saturated carbocycles. The van der Waals surface area contributed by atoms with E-state index in [0.717, 1.165) is 5.57 Å². The molecule has 0 aliphatic rings. The van der Waals surface area contributed by atoms with E-state index in [1.807, 2.05) is 0 Å². The maximum Gasteiger partial charge on any atom is 0.331 e. The van der Waals surface area contributed by atoms with Gasteiger partial charge in [-0.2, -0.15) is 0 Å². The lowest BCUT2D eigenvalue weighted by molar-refractivity contribution is -0.148. The van der Waals surface area contributed by atoms with E-state index in [1.54, 1.807) is 38.1 Å². The second-order valence-electron chi connectivity index (χ2n) is 4.30. The smallest absolute Gasteiger partial charge is 0.331 e. The Morgan fingerprint density at radius 2 is 1.84 bits per heavy atom. The number of ether oxygens (including phenoxy) is 1. The average molecular weight is 282 g/mol. The maximum atomic E-state index is 11.8. The molecule has 0 radical (unpaired) electrons. The van der Waals surface area contributed by atoms with Gasteiger partial charge in [-0.25, -0.2) is 4.79 Å². The van der Waals surface area contributed by atoms with Crippen LogP contribution in [-0.2, 0) is 14.3 Å². The molecule has 1 N–H and O–H groups in total. The van der Waals surface area contributed by atoms with Crippen molar-refractivity contribution in [3.8, 4) is 0 Å². The maximum absolute atomic E-state index is 11.8. The first-order chi connectivity index (χ1) is 8.88. The molecule has 0 aromatic heterocycles. The van der Waals surface area contributed by atoms with Crippen LogP contribution in [0, 0.1) is 0 Å². The van der Waals surface area contributed by atoms with E-state index in [1.165, 1.54) is 13.0 Å². The number of allylic oxidation sites excluding steroid dienone is 1. The third-order valence-electron chi connectivity index (χ3n) is 2.18. The molecule has 0 heterocycles. The number of amides is 1. The van der Waals surface area contributed by atoms with Crippen LogP contribution in [0.5, 0.6) is 0 Å². The topological polar surface area (TPSA) is 55.4 Å². The monoisotopic (exact) mass is 281 g/mol. The fraction of sp³-hybridized carbons (Fsp3) is 0.286. The number of esters is 1. The normalized spacial score (nSPS) is 11.4. The molecule has 0 unspecified atom stereocenters. The fourth-order valence-corrected chi connectivity index (χ4v) is 1.40. The summed E-state index contributed by atoms with van der Waals surface area (Å²) in [7, 11) is 0. The van der Waals surface area contributed by atoms with Crippen LogP contribution in [0.2, 0.25) is 5.02 Å². The van der Waals surface area contributed by atoms with E-state index in [0.29, 0.717) is 10.7 Å². The van der Waals surface area contributed by atoms with Crippen molar-refractivity contribution < 1.29 is 14.3 Å². The molecule has 0 spiro atoms. The molecule has 1 atom stereocenters. The van der Waals surface area contributed by atoms with E-state index in [2.05, 4.69) is 5.32 Å². The molecule has 1 amide bonds. The molecule has 0 saturated heterocycles. The molecule has 19 heavy (non-hydrogen) atoms. The molecule has 0 fully saturated rings. The summed E-state index contributed by atoms with van der Waals surface area (Å²) in [4.78, 5) is 23.1. The van der Waals surface area contributed by atoms with E-state index in [-0.39, 0.29) is 0 Å². The van der Waals surface area contributed by atoms with Crippen LogP contribution < -0.4 is 5.32 Å². The van der Waals surface area contributed by atoms with Crippen molar-refractivity contribution in [1.29, 1.82) is 0 Å².